The Morgan fingerprint density at radius 1 is 1.45 bits per heavy atom. The summed E-state index contributed by atoms with van der Waals surface area (Å²) in [4.78, 5) is 11.5. The molecule has 0 fully saturated rings. The third-order valence-electron chi connectivity index (χ3n) is 2.79. The second-order valence-electron chi connectivity index (χ2n) is 4.46. The molecule has 0 aliphatic heterocycles. The van der Waals surface area contributed by atoms with Crippen molar-refractivity contribution in [3.63, 3.8) is 0 Å². The Balaban J connectivity index is 2.98. The van der Waals surface area contributed by atoms with E-state index in [-0.39, 0.29) is 17.3 Å². The minimum absolute atomic E-state index is 0.0581. The molecular weight excluding hydrogens is 280 g/mol. The number of sulfonamides is 1. The molecule has 20 heavy (non-hydrogen) atoms. The van der Waals surface area contributed by atoms with E-state index >= 15 is 0 Å². The molecule has 0 aliphatic rings. The molecular formula is C13H20N2O4S. The van der Waals surface area contributed by atoms with Crippen molar-refractivity contribution in [1.29, 1.82) is 0 Å². The molecule has 7 heteroatoms. The second-order valence-corrected chi connectivity index (χ2v) is 6.51. The highest BCUT2D eigenvalue weighted by Crippen LogP contribution is 2.19. The summed E-state index contributed by atoms with van der Waals surface area (Å²) in [6.45, 7) is 3.53. The van der Waals surface area contributed by atoms with E-state index in [0.717, 1.165) is 4.31 Å². The molecule has 0 saturated heterocycles. The van der Waals surface area contributed by atoms with Crippen molar-refractivity contribution >= 4 is 15.9 Å². The average Bonchev–Trinajstić information content (AvgIpc) is 2.38. The zero-order valence-electron chi connectivity index (χ0n) is 11.8. The van der Waals surface area contributed by atoms with Crippen molar-refractivity contribution in [3.8, 4) is 0 Å². The lowest BCUT2D eigenvalue weighted by atomic mass is 10.1. The molecule has 6 nitrogen and oxygen atoms in total. The fourth-order valence-corrected chi connectivity index (χ4v) is 2.84. The molecule has 1 atom stereocenters. The number of nitrogens with one attached hydrogen (secondary N) is 1. The third kappa shape index (κ3) is 4.03. The predicted molar refractivity (Wildman–Crippen MR) is 75.6 cm³/mol. The Bertz CT molecular complexity index is 569. The van der Waals surface area contributed by atoms with Crippen LogP contribution in [0.5, 0.6) is 0 Å². The van der Waals surface area contributed by atoms with Gasteiger partial charge in [0.2, 0.25) is 15.9 Å². The van der Waals surface area contributed by atoms with Crippen molar-refractivity contribution in [2.45, 2.75) is 24.8 Å². The highest BCUT2D eigenvalue weighted by molar-refractivity contribution is 7.89. The highest BCUT2D eigenvalue weighted by atomic mass is 32.2. The van der Waals surface area contributed by atoms with Gasteiger partial charge in [-0.1, -0.05) is 12.1 Å². The van der Waals surface area contributed by atoms with E-state index in [0.29, 0.717) is 12.1 Å². The molecule has 0 radical (unpaired) electrons. The third-order valence-corrected chi connectivity index (χ3v) is 4.59. The molecule has 2 N–H and O–H groups in total. The summed E-state index contributed by atoms with van der Waals surface area (Å²) in [5.41, 5.74) is 0.512. The van der Waals surface area contributed by atoms with Gasteiger partial charge in [-0.2, -0.15) is 4.31 Å². The number of nitrogens with zero attached hydrogens (tertiary/aromatic N) is 1. The first kappa shape index (κ1) is 16.6. The molecule has 0 spiro atoms. The quantitative estimate of drug-likeness (QED) is 0.801. The Morgan fingerprint density at radius 3 is 2.65 bits per heavy atom. The number of hydrogen-bond donors (Lipinski definition) is 2. The van der Waals surface area contributed by atoms with E-state index in [1.54, 1.807) is 26.0 Å². The molecule has 1 rings (SSSR count). The van der Waals surface area contributed by atoms with Crippen LogP contribution < -0.4 is 5.32 Å². The largest absolute Gasteiger partial charge is 0.389 e. The maximum atomic E-state index is 12.3. The van der Waals surface area contributed by atoms with E-state index in [1.807, 2.05) is 0 Å². The first-order valence-corrected chi connectivity index (χ1v) is 7.74. The Kier molecular flexibility index (Phi) is 5.67. The Hall–Kier alpha value is -1.44. The number of carbonyl (C=O) groups is 1. The lowest BCUT2D eigenvalue weighted by Gasteiger charge is -2.17. The van der Waals surface area contributed by atoms with Gasteiger partial charge in [-0.05, 0) is 31.5 Å². The predicted octanol–water partition coefficient (Wildman–Crippen LogP) is 0.496. The van der Waals surface area contributed by atoms with Gasteiger partial charge in [0.1, 0.15) is 0 Å². The first-order chi connectivity index (χ1) is 9.28. The normalized spacial score (nSPS) is 13.2. The zero-order chi connectivity index (χ0) is 15.3. The van der Waals surface area contributed by atoms with E-state index < -0.39 is 16.1 Å². The number of aliphatic hydroxyl groups excluding tert-OH is 1. The van der Waals surface area contributed by atoms with Crippen molar-refractivity contribution < 1.29 is 18.3 Å². The second kappa shape index (κ2) is 6.83. The number of amides is 1. The van der Waals surface area contributed by atoms with Crippen LogP contribution in [-0.4, -0.2) is 43.9 Å². The monoisotopic (exact) mass is 300 g/mol. The Morgan fingerprint density at radius 2 is 2.10 bits per heavy atom. The van der Waals surface area contributed by atoms with Crippen LogP contribution in [0, 0.1) is 0 Å². The van der Waals surface area contributed by atoms with Crippen LogP contribution in [0.25, 0.3) is 0 Å². The summed E-state index contributed by atoms with van der Waals surface area (Å²) in [5, 5.41) is 12.0. The maximum absolute atomic E-state index is 12.3. The SMILES string of the molecule is CCNC(=O)CN(C)S(=O)(=O)c1cccc(C(C)O)c1. The van der Waals surface area contributed by atoms with Crippen LogP contribution >= 0.6 is 0 Å². The number of likely N-dealkylation sites (N-methyl/N-ethyl adjacent to an activating group) is 2. The van der Waals surface area contributed by atoms with E-state index in [4.69, 9.17) is 0 Å². The summed E-state index contributed by atoms with van der Waals surface area (Å²) in [7, 11) is -2.40. The lowest BCUT2D eigenvalue weighted by Crippen LogP contribution is -2.38. The van der Waals surface area contributed by atoms with E-state index in [9.17, 15) is 18.3 Å². The van der Waals surface area contributed by atoms with Gasteiger partial charge in [-0.25, -0.2) is 8.42 Å². The first-order valence-electron chi connectivity index (χ1n) is 6.30. The van der Waals surface area contributed by atoms with Gasteiger partial charge in [-0.15, -0.1) is 0 Å². The lowest BCUT2D eigenvalue weighted by molar-refractivity contribution is -0.121. The molecule has 112 valence electrons. The molecule has 1 aromatic carbocycles. The number of hydrogen-bond acceptors (Lipinski definition) is 4. The number of aliphatic hydroxyl groups is 1. The molecule has 0 bridgehead atoms. The number of benzene rings is 1. The van der Waals surface area contributed by atoms with Gasteiger partial charge in [0, 0.05) is 13.6 Å². The van der Waals surface area contributed by atoms with Gasteiger partial charge in [0.05, 0.1) is 17.5 Å². The standard InChI is InChI=1S/C13H20N2O4S/c1-4-14-13(17)9-15(3)20(18,19)12-7-5-6-11(8-12)10(2)16/h5-8,10,16H,4,9H2,1-3H3,(H,14,17). The van der Waals surface area contributed by atoms with E-state index in [2.05, 4.69) is 5.32 Å². The van der Waals surface area contributed by atoms with Gasteiger partial charge in [0.15, 0.2) is 0 Å². The molecule has 0 aliphatic carbocycles. The van der Waals surface area contributed by atoms with E-state index in [1.165, 1.54) is 19.2 Å². The summed E-state index contributed by atoms with van der Waals surface area (Å²) in [6, 6.07) is 6.06. The highest BCUT2D eigenvalue weighted by Gasteiger charge is 2.23. The van der Waals surface area contributed by atoms with Crippen LogP contribution in [0.4, 0.5) is 0 Å². The summed E-state index contributed by atoms with van der Waals surface area (Å²) in [5.74, 6) is -0.356. The molecule has 1 unspecified atom stereocenters. The van der Waals surface area contributed by atoms with Gasteiger partial charge in [0.25, 0.3) is 0 Å². The van der Waals surface area contributed by atoms with Gasteiger partial charge >= 0.3 is 0 Å². The zero-order valence-corrected chi connectivity index (χ0v) is 12.6. The smallest absolute Gasteiger partial charge is 0.243 e. The summed E-state index contributed by atoms with van der Waals surface area (Å²) in [6.07, 6.45) is -0.751. The van der Waals surface area contributed by atoms with Crippen molar-refractivity contribution in [2.24, 2.45) is 0 Å². The molecule has 0 heterocycles. The summed E-state index contributed by atoms with van der Waals surface area (Å²) >= 11 is 0. The maximum Gasteiger partial charge on any atom is 0.243 e. The topological polar surface area (TPSA) is 86.7 Å². The van der Waals surface area contributed by atoms with Crippen LogP contribution in [0.15, 0.2) is 29.2 Å². The van der Waals surface area contributed by atoms with Crippen LogP contribution in [0.2, 0.25) is 0 Å². The number of carbonyl (C=O) groups excluding carboxylic acids is 1. The molecule has 0 saturated carbocycles. The molecule has 0 aromatic heterocycles. The average molecular weight is 300 g/mol. The molecule has 1 amide bonds. The van der Waals surface area contributed by atoms with Crippen LogP contribution in [0.1, 0.15) is 25.5 Å². The molecule has 1 aromatic rings. The fourth-order valence-electron chi connectivity index (χ4n) is 1.66. The van der Waals surface area contributed by atoms with Crippen LogP contribution in [-0.2, 0) is 14.8 Å². The van der Waals surface area contributed by atoms with Crippen LogP contribution in [0.3, 0.4) is 0 Å². The number of rotatable bonds is 6. The van der Waals surface area contributed by atoms with Crippen molar-refractivity contribution in [3.05, 3.63) is 29.8 Å². The van der Waals surface area contributed by atoms with Gasteiger partial charge < -0.3 is 10.4 Å². The van der Waals surface area contributed by atoms with Gasteiger partial charge in [-0.3, -0.25) is 4.79 Å². The van der Waals surface area contributed by atoms with Crippen molar-refractivity contribution in [1.82, 2.24) is 9.62 Å². The Labute approximate surface area is 119 Å². The fraction of sp³-hybridized carbons (Fsp3) is 0.462. The summed E-state index contributed by atoms with van der Waals surface area (Å²) < 4.78 is 25.6. The minimum Gasteiger partial charge on any atom is -0.389 e. The minimum atomic E-state index is -3.75. The van der Waals surface area contributed by atoms with Crippen molar-refractivity contribution in [2.75, 3.05) is 20.1 Å².